The fourth-order valence-corrected chi connectivity index (χ4v) is 5.16. The highest BCUT2D eigenvalue weighted by molar-refractivity contribution is 9.10. The third-order valence-corrected chi connectivity index (χ3v) is 6.63. The van der Waals surface area contributed by atoms with E-state index in [4.69, 9.17) is 0 Å². The SMILES string of the molecule is CC12CCC(=O)N1C(C(=O)Nc1cc(Br)ccc1-n1cncn1)CS2. The minimum absolute atomic E-state index is 0.0541. The maximum Gasteiger partial charge on any atom is 0.248 e. The van der Waals surface area contributed by atoms with Gasteiger partial charge in [0.25, 0.3) is 0 Å². The number of aromatic nitrogens is 3. The first-order valence-electron chi connectivity index (χ1n) is 7.89. The Hall–Kier alpha value is -1.87. The van der Waals surface area contributed by atoms with Crippen molar-refractivity contribution in [1.29, 1.82) is 0 Å². The second kappa shape index (κ2) is 6.14. The summed E-state index contributed by atoms with van der Waals surface area (Å²) >= 11 is 5.11. The van der Waals surface area contributed by atoms with Crippen molar-refractivity contribution in [3.05, 3.63) is 35.3 Å². The van der Waals surface area contributed by atoms with Crippen LogP contribution < -0.4 is 5.32 Å². The van der Waals surface area contributed by atoms with E-state index in [1.54, 1.807) is 27.7 Å². The number of fused-ring (bicyclic) bond motifs is 1. The second-order valence-corrected chi connectivity index (χ2v) is 8.67. The molecule has 1 aromatic carbocycles. The normalized spacial score (nSPS) is 25.3. The number of nitrogens with one attached hydrogen (secondary N) is 1. The van der Waals surface area contributed by atoms with E-state index in [1.807, 2.05) is 25.1 Å². The smallest absolute Gasteiger partial charge is 0.248 e. The van der Waals surface area contributed by atoms with Gasteiger partial charge in [0.2, 0.25) is 11.8 Å². The summed E-state index contributed by atoms with van der Waals surface area (Å²) in [4.78, 5) is 30.6. The topological polar surface area (TPSA) is 80.1 Å². The Kier molecular flexibility index (Phi) is 4.07. The third kappa shape index (κ3) is 2.85. The molecule has 2 aliphatic rings. The van der Waals surface area contributed by atoms with E-state index in [2.05, 4.69) is 31.3 Å². The predicted octanol–water partition coefficient (Wildman–Crippen LogP) is 2.42. The monoisotopic (exact) mass is 421 g/mol. The van der Waals surface area contributed by atoms with Crippen molar-refractivity contribution in [2.45, 2.75) is 30.7 Å². The molecule has 1 N–H and O–H groups in total. The minimum Gasteiger partial charge on any atom is -0.322 e. The molecule has 2 fully saturated rings. The van der Waals surface area contributed by atoms with Crippen LogP contribution in [0.15, 0.2) is 35.3 Å². The van der Waals surface area contributed by atoms with Gasteiger partial charge in [0, 0.05) is 16.6 Å². The van der Waals surface area contributed by atoms with Crippen LogP contribution in [-0.2, 0) is 9.59 Å². The number of hydrogen-bond acceptors (Lipinski definition) is 5. The summed E-state index contributed by atoms with van der Waals surface area (Å²) in [5.41, 5.74) is 1.34. The molecule has 2 amide bonds. The maximum absolute atomic E-state index is 12.9. The zero-order chi connectivity index (χ0) is 17.6. The summed E-state index contributed by atoms with van der Waals surface area (Å²) in [6.45, 7) is 2.04. The molecule has 2 saturated heterocycles. The predicted molar refractivity (Wildman–Crippen MR) is 98.4 cm³/mol. The van der Waals surface area contributed by atoms with Gasteiger partial charge in [0.15, 0.2) is 0 Å². The van der Waals surface area contributed by atoms with E-state index < -0.39 is 6.04 Å². The van der Waals surface area contributed by atoms with E-state index in [0.29, 0.717) is 17.9 Å². The van der Waals surface area contributed by atoms with Gasteiger partial charge in [-0.25, -0.2) is 9.67 Å². The average molecular weight is 422 g/mol. The van der Waals surface area contributed by atoms with Crippen LogP contribution in [0.25, 0.3) is 5.69 Å². The molecule has 2 aliphatic heterocycles. The number of rotatable bonds is 3. The van der Waals surface area contributed by atoms with Gasteiger partial charge in [0.05, 0.1) is 16.2 Å². The van der Waals surface area contributed by atoms with E-state index >= 15 is 0 Å². The van der Waals surface area contributed by atoms with Crippen molar-refractivity contribution < 1.29 is 9.59 Å². The molecule has 2 unspecified atom stereocenters. The lowest BCUT2D eigenvalue weighted by molar-refractivity contribution is -0.135. The van der Waals surface area contributed by atoms with E-state index in [-0.39, 0.29) is 16.7 Å². The van der Waals surface area contributed by atoms with E-state index in [0.717, 1.165) is 16.6 Å². The van der Waals surface area contributed by atoms with Crippen LogP contribution in [0.5, 0.6) is 0 Å². The number of benzene rings is 1. The zero-order valence-electron chi connectivity index (χ0n) is 13.5. The Balaban J connectivity index is 1.62. The number of halogens is 1. The summed E-state index contributed by atoms with van der Waals surface area (Å²) in [7, 11) is 0. The zero-order valence-corrected chi connectivity index (χ0v) is 15.9. The highest BCUT2D eigenvalue weighted by atomic mass is 79.9. The van der Waals surface area contributed by atoms with Gasteiger partial charge in [-0.15, -0.1) is 11.8 Å². The molecule has 25 heavy (non-hydrogen) atoms. The van der Waals surface area contributed by atoms with Gasteiger partial charge in [-0.3, -0.25) is 9.59 Å². The van der Waals surface area contributed by atoms with Gasteiger partial charge in [-0.2, -0.15) is 5.10 Å². The van der Waals surface area contributed by atoms with E-state index in [9.17, 15) is 9.59 Å². The first-order valence-corrected chi connectivity index (χ1v) is 9.67. The Labute approximate surface area is 157 Å². The molecule has 0 aliphatic carbocycles. The fraction of sp³-hybridized carbons (Fsp3) is 0.375. The molecule has 4 rings (SSSR count). The van der Waals surface area contributed by atoms with Gasteiger partial charge in [-0.1, -0.05) is 15.9 Å². The van der Waals surface area contributed by atoms with Crippen LogP contribution >= 0.6 is 27.7 Å². The third-order valence-electron chi connectivity index (χ3n) is 4.63. The fourth-order valence-electron chi connectivity index (χ4n) is 3.37. The average Bonchev–Trinajstić information content (AvgIpc) is 3.26. The molecular formula is C16H16BrN5O2S. The Morgan fingerprint density at radius 2 is 2.32 bits per heavy atom. The quantitative estimate of drug-likeness (QED) is 0.822. The molecule has 9 heteroatoms. The molecule has 0 radical (unpaired) electrons. The van der Waals surface area contributed by atoms with Crippen LogP contribution in [-0.4, -0.2) is 48.1 Å². The first kappa shape index (κ1) is 16.6. The first-order chi connectivity index (χ1) is 12.0. The van der Waals surface area contributed by atoms with Crippen LogP contribution in [0.4, 0.5) is 5.69 Å². The highest BCUT2D eigenvalue weighted by Gasteiger charge is 2.52. The number of amides is 2. The van der Waals surface area contributed by atoms with Crippen molar-refractivity contribution in [3.63, 3.8) is 0 Å². The van der Waals surface area contributed by atoms with Gasteiger partial charge >= 0.3 is 0 Å². The Bertz CT molecular complexity index is 843. The standard InChI is InChI=1S/C16H16BrN5O2S/c1-16-5-4-14(23)22(16)13(7-25-16)15(24)20-11-6-10(17)2-3-12(11)21-9-18-8-19-21/h2-3,6,8-9,13H,4-5,7H2,1H3,(H,20,24). The van der Waals surface area contributed by atoms with Gasteiger partial charge in [-0.05, 0) is 31.5 Å². The number of nitrogens with zero attached hydrogens (tertiary/aromatic N) is 4. The van der Waals surface area contributed by atoms with Crippen molar-refractivity contribution in [1.82, 2.24) is 19.7 Å². The van der Waals surface area contributed by atoms with Crippen LogP contribution in [0.3, 0.4) is 0 Å². The molecule has 2 atom stereocenters. The van der Waals surface area contributed by atoms with Crippen LogP contribution in [0, 0.1) is 0 Å². The van der Waals surface area contributed by atoms with Crippen LogP contribution in [0.2, 0.25) is 0 Å². The molecule has 3 heterocycles. The number of carbonyl (C=O) groups excluding carboxylic acids is 2. The summed E-state index contributed by atoms with van der Waals surface area (Å²) in [6.07, 6.45) is 4.32. The summed E-state index contributed by atoms with van der Waals surface area (Å²) in [5, 5.41) is 7.10. The maximum atomic E-state index is 12.9. The van der Waals surface area contributed by atoms with E-state index in [1.165, 1.54) is 6.33 Å². The Morgan fingerprint density at radius 1 is 1.48 bits per heavy atom. The molecule has 0 spiro atoms. The molecule has 0 bridgehead atoms. The lowest BCUT2D eigenvalue weighted by Gasteiger charge is -2.30. The van der Waals surface area contributed by atoms with Gasteiger partial charge in [0.1, 0.15) is 18.7 Å². The molecule has 130 valence electrons. The van der Waals surface area contributed by atoms with Crippen molar-refractivity contribution >= 4 is 45.2 Å². The molecular weight excluding hydrogens is 406 g/mol. The molecule has 2 aromatic rings. The van der Waals surface area contributed by atoms with Crippen molar-refractivity contribution in [2.24, 2.45) is 0 Å². The molecule has 7 nitrogen and oxygen atoms in total. The Morgan fingerprint density at radius 3 is 3.08 bits per heavy atom. The number of carbonyl (C=O) groups is 2. The lowest BCUT2D eigenvalue weighted by atomic mass is 10.2. The molecule has 0 saturated carbocycles. The lowest BCUT2D eigenvalue weighted by Crippen LogP contribution is -2.48. The number of thioether (sulfide) groups is 1. The summed E-state index contributed by atoms with van der Waals surface area (Å²) in [6, 6.07) is 5.09. The highest BCUT2D eigenvalue weighted by Crippen LogP contribution is 2.47. The largest absolute Gasteiger partial charge is 0.322 e. The van der Waals surface area contributed by atoms with Crippen LogP contribution in [0.1, 0.15) is 19.8 Å². The van der Waals surface area contributed by atoms with Crippen molar-refractivity contribution in [3.8, 4) is 5.69 Å². The summed E-state index contributed by atoms with van der Waals surface area (Å²) < 4.78 is 2.44. The van der Waals surface area contributed by atoms with Gasteiger partial charge < -0.3 is 10.2 Å². The molecule has 1 aromatic heterocycles. The number of anilines is 1. The van der Waals surface area contributed by atoms with Crippen molar-refractivity contribution in [2.75, 3.05) is 11.1 Å². The summed E-state index contributed by atoms with van der Waals surface area (Å²) in [5.74, 6) is 0.491. The minimum atomic E-state index is -0.451. The second-order valence-electron chi connectivity index (χ2n) is 6.26. The number of hydrogen-bond donors (Lipinski definition) is 1.